The van der Waals surface area contributed by atoms with Gasteiger partial charge < -0.3 is 11.1 Å². The highest BCUT2D eigenvalue weighted by molar-refractivity contribution is 5.05. The second kappa shape index (κ2) is 5.38. The monoisotopic (exact) mass is 126 g/mol. The Balaban J connectivity index is 3.36. The van der Waals surface area contributed by atoms with Crippen LogP contribution in [0.25, 0.3) is 0 Å². The van der Waals surface area contributed by atoms with E-state index in [-0.39, 0.29) is 0 Å². The average molecular weight is 126 g/mol. The van der Waals surface area contributed by atoms with Crippen LogP contribution in [0.1, 0.15) is 6.92 Å². The molecule has 0 radical (unpaired) electrons. The molecule has 0 aliphatic rings. The first-order chi connectivity index (χ1) is 4.31. The smallest absolute Gasteiger partial charge is 0.0266 e. The molecule has 0 unspecified atom stereocenters. The largest absolute Gasteiger partial charge is 0.387 e. The lowest BCUT2D eigenvalue weighted by molar-refractivity contribution is 0.798. The van der Waals surface area contributed by atoms with Crippen LogP contribution < -0.4 is 11.1 Å². The first-order valence-corrected chi connectivity index (χ1v) is 3.04. The molecule has 0 atom stereocenters. The molecule has 0 heterocycles. The van der Waals surface area contributed by atoms with Gasteiger partial charge >= 0.3 is 0 Å². The summed E-state index contributed by atoms with van der Waals surface area (Å²) in [5.41, 5.74) is 6.36. The van der Waals surface area contributed by atoms with E-state index in [1.165, 1.54) is 0 Å². The Morgan fingerprint density at radius 1 is 1.78 bits per heavy atom. The van der Waals surface area contributed by atoms with Crippen LogP contribution in [0.3, 0.4) is 0 Å². The molecule has 9 heavy (non-hydrogen) atoms. The van der Waals surface area contributed by atoms with E-state index in [1.807, 2.05) is 13.0 Å². The van der Waals surface area contributed by atoms with Crippen LogP contribution in [-0.4, -0.2) is 13.1 Å². The molecule has 0 fully saturated rings. The van der Waals surface area contributed by atoms with Crippen LogP contribution in [0.15, 0.2) is 24.4 Å². The molecule has 0 aromatic carbocycles. The Kier molecular flexibility index (Phi) is 4.92. The number of allylic oxidation sites excluding steroid dienone is 3. The molecule has 0 bridgehead atoms. The Labute approximate surface area is 56.4 Å². The van der Waals surface area contributed by atoms with Crippen molar-refractivity contribution in [1.29, 1.82) is 0 Å². The SMILES string of the molecule is C=C/C=C(\C)NCCN. The van der Waals surface area contributed by atoms with Gasteiger partial charge in [-0.3, -0.25) is 0 Å². The molecule has 2 nitrogen and oxygen atoms in total. The third-order valence-corrected chi connectivity index (χ3v) is 0.916. The van der Waals surface area contributed by atoms with Gasteiger partial charge in [-0.05, 0) is 13.0 Å². The van der Waals surface area contributed by atoms with E-state index >= 15 is 0 Å². The van der Waals surface area contributed by atoms with Crippen molar-refractivity contribution in [3.63, 3.8) is 0 Å². The summed E-state index contributed by atoms with van der Waals surface area (Å²) in [6, 6.07) is 0. The van der Waals surface area contributed by atoms with Gasteiger partial charge in [-0.15, -0.1) is 0 Å². The summed E-state index contributed by atoms with van der Waals surface area (Å²) in [6.45, 7) is 7.04. The van der Waals surface area contributed by atoms with Crippen LogP contribution in [0, 0.1) is 0 Å². The lowest BCUT2D eigenvalue weighted by atomic mass is 10.4. The van der Waals surface area contributed by atoms with Gasteiger partial charge in [0, 0.05) is 18.8 Å². The van der Waals surface area contributed by atoms with E-state index in [4.69, 9.17) is 5.73 Å². The standard InChI is InChI=1S/C7H14N2/c1-3-4-7(2)9-6-5-8/h3-4,9H,1,5-6,8H2,2H3/b7-4+. The van der Waals surface area contributed by atoms with E-state index in [2.05, 4.69) is 11.9 Å². The highest BCUT2D eigenvalue weighted by Gasteiger charge is 1.80. The van der Waals surface area contributed by atoms with Crippen molar-refractivity contribution in [2.24, 2.45) is 5.73 Å². The number of nitrogens with one attached hydrogen (secondary N) is 1. The van der Waals surface area contributed by atoms with E-state index in [1.54, 1.807) is 6.08 Å². The topological polar surface area (TPSA) is 38.0 Å². The summed E-state index contributed by atoms with van der Waals surface area (Å²) >= 11 is 0. The van der Waals surface area contributed by atoms with E-state index in [0.29, 0.717) is 6.54 Å². The van der Waals surface area contributed by atoms with Crippen LogP contribution in [0.4, 0.5) is 0 Å². The summed E-state index contributed by atoms with van der Waals surface area (Å²) in [7, 11) is 0. The second-order valence-corrected chi connectivity index (χ2v) is 1.80. The van der Waals surface area contributed by atoms with Gasteiger partial charge in [-0.25, -0.2) is 0 Å². The van der Waals surface area contributed by atoms with Crippen molar-refractivity contribution < 1.29 is 0 Å². The number of nitrogens with two attached hydrogens (primary N) is 1. The molecule has 0 spiro atoms. The number of hydrogen-bond acceptors (Lipinski definition) is 2. The summed E-state index contributed by atoms with van der Waals surface area (Å²) in [4.78, 5) is 0. The van der Waals surface area contributed by atoms with Crippen molar-refractivity contribution in [1.82, 2.24) is 5.32 Å². The molecule has 2 heteroatoms. The average Bonchev–Trinajstić information content (AvgIpc) is 1.85. The number of hydrogen-bond donors (Lipinski definition) is 2. The fourth-order valence-electron chi connectivity index (χ4n) is 0.505. The maximum Gasteiger partial charge on any atom is 0.0266 e. The molecule has 52 valence electrons. The third kappa shape index (κ3) is 5.11. The normalized spacial score (nSPS) is 11.1. The van der Waals surface area contributed by atoms with Crippen molar-refractivity contribution >= 4 is 0 Å². The number of rotatable bonds is 4. The predicted octanol–water partition coefficient (Wildman–Crippen LogP) is 0.625. The summed E-state index contributed by atoms with van der Waals surface area (Å²) in [6.07, 6.45) is 3.66. The molecule has 0 saturated heterocycles. The highest BCUT2D eigenvalue weighted by atomic mass is 14.9. The zero-order valence-electron chi connectivity index (χ0n) is 5.85. The first-order valence-electron chi connectivity index (χ1n) is 3.04. The third-order valence-electron chi connectivity index (χ3n) is 0.916. The first kappa shape index (κ1) is 8.24. The minimum atomic E-state index is 0.669. The molecule has 3 N–H and O–H groups in total. The maximum absolute atomic E-state index is 5.26. The molecular weight excluding hydrogens is 112 g/mol. The van der Waals surface area contributed by atoms with Gasteiger partial charge in [0.1, 0.15) is 0 Å². The predicted molar refractivity (Wildman–Crippen MR) is 41.0 cm³/mol. The lowest BCUT2D eigenvalue weighted by Gasteiger charge is -2.01. The van der Waals surface area contributed by atoms with Crippen LogP contribution >= 0.6 is 0 Å². The van der Waals surface area contributed by atoms with E-state index < -0.39 is 0 Å². The Hall–Kier alpha value is -0.760. The maximum atomic E-state index is 5.26. The lowest BCUT2D eigenvalue weighted by Crippen LogP contribution is -2.20. The molecule has 0 aromatic heterocycles. The molecule has 0 rings (SSSR count). The van der Waals surface area contributed by atoms with Crippen molar-refractivity contribution in [2.75, 3.05) is 13.1 Å². The molecule has 0 amide bonds. The van der Waals surface area contributed by atoms with E-state index in [0.717, 1.165) is 12.2 Å². The zero-order chi connectivity index (χ0) is 7.11. The van der Waals surface area contributed by atoms with Gasteiger partial charge in [0.05, 0.1) is 0 Å². The molecular formula is C7H14N2. The quantitative estimate of drug-likeness (QED) is 0.542. The highest BCUT2D eigenvalue weighted by Crippen LogP contribution is 1.83. The minimum absolute atomic E-state index is 0.669. The second-order valence-electron chi connectivity index (χ2n) is 1.80. The van der Waals surface area contributed by atoms with Crippen molar-refractivity contribution in [2.45, 2.75) is 6.92 Å². The van der Waals surface area contributed by atoms with Gasteiger partial charge in [-0.2, -0.15) is 0 Å². The minimum Gasteiger partial charge on any atom is -0.387 e. The van der Waals surface area contributed by atoms with Gasteiger partial charge in [0.15, 0.2) is 0 Å². The summed E-state index contributed by atoms with van der Waals surface area (Å²) in [5, 5.41) is 3.10. The van der Waals surface area contributed by atoms with Crippen molar-refractivity contribution in [3.05, 3.63) is 24.4 Å². The Bertz CT molecular complexity index is 105. The van der Waals surface area contributed by atoms with Crippen LogP contribution in [0.2, 0.25) is 0 Å². The van der Waals surface area contributed by atoms with Crippen molar-refractivity contribution in [3.8, 4) is 0 Å². The summed E-state index contributed by atoms with van der Waals surface area (Å²) < 4.78 is 0. The van der Waals surface area contributed by atoms with Crippen LogP contribution in [-0.2, 0) is 0 Å². The fraction of sp³-hybridized carbons (Fsp3) is 0.429. The Morgan fingerprint density at radius 2 is 2.44 bits per heavy atom. The van der Waals surface area contributed by atoms with Gasteiger partial charge in [-0.1, -0.05) is 12.7 Å². The molecule has 0 aromatic rings. The Morgan fingerprint density at radius 3 is 2.89 bits per heavy atom. The molecule has 0 aliphatic heterocycles. The van der Waals surface area contributed by atoms with Crippen LogP contribution in [0.5, 0.6) is 0 Å². The fourth-order valence-corrected chi connectivity index (χ4v) is 0.505. The van der Waals surface area contributed by atoms with E-state index in [9.17, 15) is 0 Å². The summed E-state index contributed by atoms with van der Waals surface area (Å²) in [5.74, 6) is 0. The van der Waals surface area contributed by atoms with Gasteiger partial charge in [0.25, 0.3) is 0 Å². The molecule has 0 saturated carbocycles. The van der Waals surface area contributed by atoms with Gasteiger partial charge in [0.2, 0.25) is 0 Å². The zero-order valence-corrected chi connectivity index (χ0v) is 5.85. The molecule has 0 aliphatic carbocycles.